The molecule has 1 N–H and O–H groups in total. The molecule has 0 spiro atoms. The van der Waals surface area contributed by atoms with E-state index in [1.807, 2.05) is 67.8 Å². The molecule has 2 aromatic carbocycles. The molecule has 0 atom stereocenters. The summed E-state index contributed by atoms with van der Waals surface area (Å²) in [4.78, 5) is 21.5. The van der Waals surface area contributed by atoms with Crippen molar-refractivity contribution < 1.29 is 9.32 Å². The van der Waals surface area contributed by atoms with Crippen LogP contribution in [0.5, 0.6) is 0 Å². The lowest BCUT2D eigenvalue weighted by molar-refractivity contribution is -0.115. The lowest BCUT2D eigenvalue weighted by Crippen LogP contribution is -2.14. The normalized spacial score (nSPS) is 11.1. The van der Waals surface area contributed by atoms with Crippen LogP contribution in [-0.2, 0) is 11.2 Å². The molecule has 3 heterocycles. The number of hydrogen-bond donors (Lipinski definition) is 1. The van der Waals surface area contributed by atoms with E-state index >= 15 is 0 Å². The summed E-state index contributed by atoms with van der Waals surface area (Å²) in [5.41, 5.74) is 7.17. The highest BCUT2D eigenvalue weighted by molar-refractivity contribution is 7.13. The molecule has 0 radical (unpaired) electrons. The standard InChI is InChI=1S/C25H20N4O2S/c1-15-10-20-21(29-31-23(20)11-16(15)2)13-24(30)27-19-5-3-4-18(12-19)22-14-32-25(28-22)17-6-8-26-9-7-17/h3-12,14H,13H2,1-2H3,(H,27,30). The molecule has 0 bridgehead atoms. The van der Waals surface area contributed by atoms with Gasteiger partial charge in [0.15, 0.2) is 5.58 Å². The summed E-state index contributed by atoms with van der Waals surface area (Å²) in [6.45, 7) is 4.06. The van der Waals surface area contributed by atoms with E-state index in [-0.39, 0.29) is 12.3 Å². The van der Waals surface area contributed by atoms with Gasteiger partial charge in [0.25, 0.3) is 0 Å². The van der Waals surface area contributed by atoms with Crippen molar-refractivity contribution in [3.8, 4) is 21.8 Å². The first-order valence-electron chi connectivity index (χ1n) is 10.2. The Morgan fingerprint density at radius 2 is 1.84 bits per heavy atom. The van der Waals surface area contributed by atoms with Crippen LogP contribution in [0.3, 0.4) is 0 Å². The third kappa shape index (κ3) is 4.02. The lowest BCUT2D eigenvalue weighted by atomic mass is 10.1. The second-order valence-electron chi connectivity index (χ2n) is 7.64. The first kappa shape index (κ1) is 20.1. The SMILES string of the molecule is Cc1cc2onc(CC(=O)Nc3cccc(-c4csc(-c5ccncc5)n4)c3)c2cc1C. The number of amides is 1. The molecule has 0 aliphatic rings. The van der Waals surface area contributed by atoms with E-state index in [0.717, 1.165) is 38.3 Å². The van der Waals surface area contributed by atoms with Gasteiger partial charge < -0.3 is 9.84 Å². The van der Waals surface area contributed by atoms with Gasteiger partial charge in [-0.2, -0.15) is 0 Å². The topological polar surface area (TPSA) is 80.9 Å². The number of carbonyl (C=O) groups excluding carboxylic acids is 1. The summed E-state index contributed by atoms with van der Waals surface area (Å²) in [7, 11) is 0. The molecule has 0 saturated heterocycles. The fraction of sp³-hybridized carbons (Fsp3) is 0.120. The minimum absolute atomic E-state index is 0.141. The number of aromatic nitrogens is 3. The maximum atomic E-state index is 12.7. The van der Waals surface area contributed by atoms with E-state index < -0.39 is 0 Å². The van der Waals surface area contributed by atoms with Crippen molar-refractivity contribution in [2.24, 2.45) is 0 Å². The van der Waals surface area contributed by atoms with Crippen molar-refractivity contribution in [1.82, 2.24) is 15.1 Å². The number of hydrogen-bond acceptors (Lipinski definition) is 6. The van der Waals surface area contributed by atoms with E-state index in [4.69, 9.17) is 9.51 Å². The Morgan fingerprint density at radius 3 is 2.69 bits per heavy atom. The van der Waals surface area contributed by atoms with Crippen molar-refractivity contribution in [2.75, 3.05) is 5.32 Å². The van der Waals surface area contributed by atoms with E-state index in [1.165, 1.54) is 0 Å². The van der Waals surface area contributed by atoms with Gasteiger partial charge in [0.1, 0.15) is 10.7 Å². The minimum atomic E-state index is -0.147. The molecular formula is C25H20N4O2S. The molecule has 6 nitrogen and oxygen atoms in total. The Kier molecular flexibility index (Phi) is 5.25. The molecule has 32 heavy (non-hydrogen) atoms. The van der Waals surface area contributed by atoms with E-state index in [2.05, 4.69) is 15.5 Å². The molecule has 0 aliphatic heterocycles. The van der Waals surface area contributed by atoms with Gasteiger partial charge in [0.05, 0.1) is 12.1 Å². The Bertz CT molecular complexity index is 1420. The van der Waals surface area contributed by atoms with Crippen molar-refractivity contribution in [3.63, 3.8) is 0 Å². The average Bonchev–Trinajstić information content (AvgIpc) is 3.43. The Balaban J connectivity index is 1.33. The molecule has 7 heteroatoms. The van der Waals surface area contributed by atoms with Crippen molar-refractivity contribution >= 4 is 33.9 Å². The van der Waals surface area contributed by atoms with E-state index in [0.29, 0.717) is 17.0 Å². The first-order valence-corrected chi connectivity index (χ1v) is 11.1. The zero-order valence-electron chi connectivity index (χ0n) is 17.6. The smallest absolute Gasteiger partial charge is 0.230 e. The number of fused-ring (bicyclic) bond motifs is 1. The van der Waals surface area contributed by atoms with Crippen molar-refractivity contribution in [3.05, 3.63) is 83.1 Å². The summed E-state index contributed by atoms with van der Waals surface area (Å²) in [6.07, 6.45) is 3.66. The Morgan fingerprint density at radius 1 is 1.03 bits per heavy atom. The number of anilines is 1. The molecule has 0 unspecified atom stereocenters. The van der Waals surface area contributed by atoms with Crippen molar-refractivity contribution in [2.45, 2.75) is 20.3 Å². The van der Waals surface area contributed by atoms with Crippen LogP contribution in [0.25, 0.3) is 32.8 Å². The molecule has 0 aliphatic carbocycles. The highest BCUT2D eigenvalue weighted by atomic mass is 32.1. The van der Waals surface area contributed by atoms with Crippen LogP contribution in [0.4, 0.5) is 5.69 Å². The fourth-order valence-corrected chi connectivity index (χ4v) is 4.35. The summed E-state index contributed by atoms with van der Waals surface area (Å²) < 4.78 is 5.41. The number of aryl methyl sites for hydroxylation is 2. The number of nitrogens with zero attached hydrogens (tertiary/aromatic N) is 3. The molecular weight excluding hydrogens is 420 g/mol. The predicted octanol–water partition coefficient (Wildman–Crippen LogP) is 5.81. The molecule has 5 rings (SSSR count). The minimum Gasteiger partial charge on any atom is -0.356 e. The molecule has 0 fully saturated rings. The number of rotatable bonds is 5. The number of nitrogens with one attached hydrogen (secondary N) is 1. The van der Waals surface area contributed by atoms with Gasteiger partial charge in [0.2, 0.25) is 5.91 Å². The summed E-state index contributed by atoms with van der Waals surface area (Å²) in [6, 6.07) is 15.5. The zero-order chi connectivity index (χ0) is 22.1. The molecule has 158 valence electrons. The predicted molar refractivity (Wildman–Crippen MR) is 127 cm³/mol. The number of benzene rings is 2. The summed E-state index contributed by atoms with van der Waals surface area (Å²) in [5.74, 6) is -0.147. The second kappa shape index (κ2) is 8.36. The molecule has 5 aromatic rings. The van der Waals surface area contributed by atoms with Gasteiger partial charge in [0, 0.05) is 40.0 Å². The van der Waals surface area contributed by atoms with Gasteiger partial charge in [-0.1, -0.05) is 17.3 Å². The molecule has 3 aromatic heterocycles. The van der Waals surface area contributed by atoms with Crippen LogP contribution in [0, 0.1) is 13.8 Å². The average molecular weight is 441 g/mol. The van der Waals surface area contributed by atoms with Gasteiger partial charge in [-0.3, -0.25) is 9.78 Å². The number of thiazole rings is 1. The van der Waals surface area contributed by atoms with Crippen LogP contribution in [0.15, 0.2) is 70.8 Å². The quantitative estimate of drug-likeness (QED) is 0.373. The van der Waals surface area contributed by atoms with E-state index in [9.17, 15) is 4.79 Å². The van der Waals surface area contributed by atoms with Gasteiger partial charge in [-0.05, 0) is 61.4 Å². The third-order valence-electron chi connectivity index (χ3n) is 5.36. The lowest BCUT2D eigenvalue weighted by Gasteiger charge is -2.06. The summed E-state index contributed by atoms with van der Waals surface area (Å²) in [5, 5.41) is 10.9. The first-order chi connectivity index (χ1) is 15.6. The highest BCUT2D eigenvalue weighted by Gasteiger charge is 2.14. The molecule has 1 amide bonds. The number of pyridine rings is 1. The van der Waals surface area contributed by atoms with Crippen LogP contribution in [0.2, 0.25) is 0 Å². The zero-order valence-corrected chi connectivity index (χ0v) is 18.4. The largest absolute Gasteiger partial charge is 0.356 e. The van der Waals surface area contributed by atoms with E-state index in [1.54, 1.807) is 23.7 Å². The Hall–Kier alpha value is -3.84. The highest BCUT2D eigenvalue weighted by Crippen LogP contribution is 2.30. The maximum absolute atomic E-state index is 12.7. The Labute approximate surface area is 189 Å². The van der Waals surface area contributed by atoms with Crippen LogP contribution >= 0.6 is 11.3 Å². The van der Waals surface area contributed by atoms with Crippen LogP contribution in [-0.4, -0.2) is 21.0 Å². The van der Waals surface area contributed by atoms with Crippen LogP contribution in [0.1, 0.15) is 16.8 Å². The summed E-state index contributed by atoms with van der Waals surface area (Å²) >= 11 is 1.58. The molecule has 0 saturated carbocycles. The van der Waals surface area contributed by atoms with Crippen molar-refractivity contribution in [1.29, 1.82) is 0 Å². The fourth-order valence-electron chi connectivity index (χ4n) is 3.52. The number of carbonyl (C=O) groups is 1. The van der Waals surface area contributed by atoms with Crippen LogP contribution < -0.4 is 5.32 Å². The van der Waals surface area contributed by atoms with Gasteiger partial charge in [-0.25, -0.2) is 4.98 Å². The maximum Gasteiger partial charge on any atom is 0.230 e. The monoisotopic (exact) mass is 440 g/mol. The van der Waals surface area contributed by atoms with Gasteiger partial charge >= 0.3 is 0 Å². The second-order valence-corrected chi connectivity index (χ2v) is 8.50. The van der Waals surface area contributed by atoms with Gasteiger partial charge in [-0.15, -0.1) is 11.3 Å². The third-order valence-corrected chi connectivity index (χ3v) is 6.25.